The molecule has 2 aromatic carbocycles. The number of benzene rings is 2. The molecule has 2 unspecified atom stereocenters. The van der Waals surface area contributed by atoms with Gasteiger partial charge in [-0.3, -0.25) is 0 Å². The summed E-state index contributed by atoms with van der Waals surface area (Å²) in [5, 5.41) is 11.1. The van der Waals surface area contributed by atoms with Crippen LogP contribution in [0.3, 0.4) is 0 Å². The molecule has 1 nitrogen and oxygen atoms in total. The zero-order valence-corrected chi connectivity index (χ0v) is 11.7. The lowest BCUT2D eigenvalue weighted by molar-refractivity contribution is 0.153. The van der Waals surface area contributed by atoms with E-state index in [1.807, 2.05) is 25.1 Å². The molecule has 1 N–H and O–H groups in total. The van der Waals surface area contributed by atoms with Crippen LogP contribution in [0.4, 0.5) is 0 Å². The fourth-order valence-corrected chi connectivity index (χ4v) is 3.21. The predicted molar refractivity (Wildman–Crippen MR) is 78.7 cm³/mol. The van der Waals surface area contributed by atoms with Crippen molar-refractivity contribution in [2.75, 3.05) is 0 Å². The Kier molecular flexibility index (Phi) is 3.34. The van der Waals surface area contributed by atoms with Crippen LogP contribution in [0.25, 0.3) is 0 Å². The molecule has 2 heteroatoms. The lowest BCUT2D eigenvalue weighted by atomic mass is 9.74. The molecule has 1 aliphatic rings. The number of hydrogen-bond donors (Lipinski definition) is 1. The Morgan fingerprint density at radius 3 is 2.79 bits per heavy atom. The molecule has 98 valence electrons. The van der Waals surface area contributed by atoms with Gasteiger partial charge in [-0.25, -0.2) is 0 Å². The third kappa shape index (κ3) is 2.41. The van der Waals surface area contributed by atoms with Gasteiger partial charge in [0.1, 0.15) is 0 Å². The molecule has 0 saturated carbocycles. The first-order valence-corrected chi connectivity index (χ1v) is 7.05. The van der Waals surface area contributed by atoms with Crippen LogP contribution in [0.1, 0.15) is 40.7 Å². The van der Waals surface area contributed by atoms with Gasteiger partial charge in [0.25, 0.3) is 0 Å². The maximum atomic E-state index is 10.4. The summed E-state index contributed by atoms with van der Waals surface area (Å²) in [6, 6.07) is 14.2. The number of halogens is 1. The average Bonchev–Trinajstić information content (AvgIpc) is 2.35. The van der Waals surface area contributed by atoms with Gasteiger partial charge in [0.2, 0.25) is 0 Å². The Hall–Kier alpha value is -1.31. The number of rotatable bonds is 3. The molecule has 0 spiro atoms. The van der Waals surface area contributed by atoms with Crippen LogP contribution in [-0.4, -0.2) is 5.11 Å². The first-order chi connectivity index (χ1) is 9.15. The first kappa shape index (κ1) is 12.7. The van der Waals surface area contributed by atoms with Crippen molar-refractivity contribution in [3.8, 4) is 0 Å². The third-order valence-electron chi connectivity index (χ3n) is 4.06. The van der Waals surface area contributed by atoms with E-state index < -0.39 is 6.10 Å². The number of aliphatic hydroxyl groups excluding tert-OH is 1. The van der Waals surface area contributed by atoms with Crippen molar-refractivity contribution in [2.24, 2.45) is 0 Å². The van der Waals surface area contributed by atoms with Gasteiger partial charge in [0.15, 0.2) is 0 Å². The van der Waals surface area contributed by atoms with Gasteiger partial charge in [-0.2, -0.15) is 0 Å². The monoisotopic (exact) mass is 272 g/mol. The second-order valence-electron chi connectivity index (χ2n) is 5.35. The summed E-state index contributed by atoms with van der Waals surface area (Å²) >= 11 is 5.95. The first-order valence-electron chi connectivity index (χ1n) is 6.67. The lowest BCUT2D eigenvalue weighted by Gasteiger charge is -2.32. The van der Waals surface area contributed by atoms with Gasteiger partial charge in [0.05, 0.1) is 6.10 Å². The van der Waals surface area contributed by atoms with Crippen LogP contribution < -0.4 is 0 Å². The van der Waals surface area contributed by atoms with E-state index in [1.54, 1.807) is 0 Å². The molecule has 19 heavy (non-hydrogen) atoms. The van der Waals surface area contributed by atoms with Crippen LogP contribution in [0.15, 0.2) is 42.5 Å². The molecule has 0 aromatic heterocycles. The van der Waals surface area contributed by atoms with Gasteiger partial charge < -0.3 is 5.11 Å². The molecule has 0 amide bonds. The minimum Gasteiger partial charge on any atom is -0.388 e. The molecule has 2 aromatic rings. The van der Waals surface area contributed by atoms with Crippen molar-refractivity contribution in [1.82, 2.24) is 0 Å². The van der Waals surface area contributed by atoms with E-state index in [9.17, 15) is 5.11 Å². The van der Waals surface area contributed by atoms with E-state index in [2.05, 4.69) is 24.3 Å². The van der Waals surface area contributed by atoms with Gasteiger partial charge in [-0.05, 0) is 60.1 Å². The highest BCUT2D eigenvalue weighted by molar-refractivity contribution is 6.30. The van der Waals surface area contributed by atoms with Crippen LogP contribution in [0.5, 0.6) is 0 Å². The van der Waals surface area contributed by atoms with Crippen molar-refractivity contribution < 1.29 is 5.11 Å². The summed E-state index contributed by atoms with van der Waals surface area (Å²) < 4.78 is 0. The number of aliphatic hydroxyl groups is 1. The van der Waals surface area contributed by atoms with E-state index in [0.29, 0.717) is 5.92 Å². The number of aryl methyl sites for hydroxylation is 1. The molecule has 0 heterocycles. The Morgan fingerprint density at radius 2 is 2.05 bits per heavy atom. The molecule has 0 radical (unpaired) electrons. The van der Waals surface area contributed by atoms with E-state index >= 15 is 0 Å². The fourth-order valence-electron chi connectivity index (χ4n) is 2.98. The SMILES string of the molecule is Cc1cc(Cl)ccc1C(O)CC1Cc2ccccc21. The summed E-state index contributed by atoms with van der Waals surface area (Å²) in [6.07, 6.45) is 1.47. The van der Waals surface area contributed by atoms with E-state index in [1.165, 1.54) is 11.1 Å². The van der Waals surface area contributed by atoms with E-state index in [0.717, 1.165) is 29.0 Å². The summed E-state index contributed by atoms with van der Waals surface area (Å²) in [5.41, 5.74) is 4.88. The summed E-state index contributed by atoms with van der Waals surface area (Å²) in [4.78, 5) is 0. The molecule has 2 atom stereocenters. The molecule has 0 saturated heterocycles. The fraction of sp³-hybridized carbons (Fsp3) is 0.294. The Morgan fingerprint density at radius 1 is 1.26 bits per heavy atom. The standard InChI is InChI=1S/C17H17ClO/c1-11-8-14(18)6-7-15(11)17(19)10-13-9-12-4-2-3-5-16(12)13/h2-8,13,17,19H,9-10H2,1H3. The van der Waals surface area contributed by atoms with Crippen molar-refractivity contribution >= 4 is 11.6 Å². The highest BCUT2D eigenvalue weighted by atomic mass is 35.5. The van der Waals surface area contributed by atoms with Gasteiger partial charge >= 0.3 is 0 Å². The maximum Gasteiger partial charge on any atom is 0.0798 e. The van der Waals surface area contributed by atoms with Crippen LogP contribution in [-0.2, 0) is 6.42 Å². The van der Waals surface area contributed by atoms with Gasteiger partial charge in [0, 0.05) is 5.02 Å². The highest BCUT2D eigenvalue weighted by Crippen LogP contribution is 2.41. The molecular weight excluding hydrogens is 256 g/mol. The second kappa shape index (κ2) is 4.99. The number of fused-ring (bicyclic) bond motifs is 1. The van der Waals surface area contributed by atoms with Crippen molar-refractivity contribution in [3.63, 3.8) is 0 Å². The van der Waals surface area contributed by atoms with E-state index in [4.69, 9.17) is 11.6 Å². The summed E-state index contributed by atoms with van der Waals surface area (Å²) in [6.45, 7) is 2.00. The third-order valence-corrected chi connectivity index (χ3v) is 4.29. The minimum absolute atomic E-state index is 0.407. The molecule has 0 fully saturated rings. The van der Waals surface area contributed by atoms with Crippen molar-refractivity contribution in [1.29, 1.82) is 0 Å². The Labute approximate surface area is 118 Å². The topological polar surface area (TPSA) is 20.2 Å². The second-order valence-corrected chi connectivity index (χ2v) is 5.79. The van der Waals surface area contributed by atoms with Gasteiger partial charge in [-0.15, -0.1) is 0 Å². The Balaban J connectivity index is 1.75. The van der Waals surface area contributed by atoms with Crippen LogP contribution >= 0.6 is 11.6 Å². The van der Waals surface area contributed by atoms with Crippen LogP contribution in [0.2, 0.25) is 5.02 Å². The molecular formula is C17H17ClO. The maximum absolute atomic E-state index is 10.4. The Bertz CT molecular complexity index is 606. The molecule has 3 rings (SSSR count). The highest BCUT2D eigenvalue weighted by Gasteiger charge is 2.28. The largest absolute Gasteiger partial charge is 0.388 e. The molecule has 0 aliphatic heterocycles. The molecule has 0 bridgehead atoms. The van der Waals surface area contributed by atoms with E-state index in [-0.39, 0.29) is 0 Å². The average molecular weight is 273 g/mol. The zero-order valence-electron chi connectivity index (χ0n) is 10.9. The van der Waals surface area contributed by atoms with Gasteiger partial charge in [-0.1, -0.05) is 41.9 Å². The van der Waals surface area contributed by atoms with Crippen molar-refractivity contribution in [3.05, 3.63) is 69.7 Å². The smallest absolute Gasteiger partial charge is 0.0798 e. The lowest BCUT2D eigenvalue weighted by Crippen LogP contribution is -2.19. The summed E-state index contributed by atoms with van der Waals surface area (Å²) in [5.74, 6) is 0.487. The minimum atomic E-state index is -0.407. The zero-order chi connectivity index (χ0) is 13.4. The van der Waals surface area contributed by atoms with Crippen LogP contribution in [0, 0.1) is 6.92 Å². The summed E-state index contributed by atoms with van der Waals surface area (Å²) in [7, 11) is 0. The van der Waals surface area contributed by atoms with Crippen molar-refractivity contribution in [2.45, 2.75) is 31.8 Å². The predicted octanol–water partition coefficient (Wildman–Crippen LogP) is 4.41. The number of hydrogen-bond acceptors (Lipinski definition) is 1. The molecule has 1 aliphatic carbocycles. The normalized spacial score (nSPS) is 18.6. The quantitative estimate of drug-likeness (QED) is 0.877.